The van der Waals surface area contributed by atoms with Crippen LogP contribution in [0.1, 0.15) is 36.8 Å². The monoisotopic (exact) mass is 236 g/mol. The summed E-state index contributed by atoms with van der Waals surface area (Å²) >= 11 is 0. The number of aliphatic hydroxyl groups excluding tert-OH is 1. The van der Waals surface area contributed by atoms with E-state index in [1.54, 1.807) is 0 Å². The zero-order valence-electron chi connectivity index (χ0n) is 10.3. The van der Waals surface area contributed by atoms with Gasteiger partial charge in [0.2, 0.25) is 0 Å². The van der Waals surface area contributed by atoms with E-state index in [1.807, 2.05) is 0 Å². The van der Waals surface area contributed by atoms with E-state index in [0.29, 0.717) is 12.3 Å². The fraction of sp³-hybridized carbons (Fsp3) is 0.833. The molecular formula is C12H20N4O. The lowest BCUT2D eigenvalue weighted by Gasteiger charge is -2.29. The van der Waals surface area contributed by atoms with Gasteiger partial charge in [0.25, 0.3) is 0 Å². The number of nitrogens with zero attached hydrogens (tertiary/aromatic N) is 4. The predicted octanol–water partition coefficient (Wildman–Crippen LogP) is 0.394. The van der Waals surface area contributed by atoms with Crippen molar-refractivity contribution in [1.29, 1.82) is 0 Å². The minimum Gasteiger partial charge on any atom is -0.393 e. The lowest BCUT2D eigenvalue weighted by Crippen LogP contribution is -2.31. The molecule has 1 N–H and O–H groups in total. The molecule has 0 aromatic carbocycles. The summed E-state index contributed by atoms with van der Waals surface area (Å²) in [6.45, 7) is 3.18. The normalized spacial score (nSPS) is 27.1. The van der Waals surface area contributed by atoms with Gasteiger partial charge in [-0.2, -0.15) is 0 Å². The smallest absolute Gasteiger partial charge is 0.136 e. The van der Waals surface area contributed by atoms with Gasteiger partial charge in [0.05, 0.1) is 6.10 Å². The number of hydrogen-bond donors (Lipinski definition) is 1. The SMILES string of the molecule is CN1CCC(c2nnc3n2CCC(O)C3)CC1. The van der Waals surface area contributed by atoms with Crippen LogP contribution in [0.5, 0.6) is 0 Å². The number of aromatic nitrogens is 3. The predicted molar refractivity (Wildman–Crippen MR) is 63.8 cm³/mol. The molecule has 0 bridgehead atoms. The molecule has 1 aromatic rings. The van der Waals surface area contributed by atoms with E-state index >= 15 is 0 Å². The maximum absolute atomic E-state index is 9.62. The van der Waals surface area contributed by atoms with Crippen molar-refractivity contribution < 1.29 is 5.11 Å². The summed E-state index contributed by atoms with van der Waals surface area (Å²) in [7, 11) is 2.17. The van der Waals surface area contributed by atoms with Crippen molar-refractivity contribution in [3.8, 4) is 0 Å². The first-order valence-electron chi connectivity index (χ1n) is 6.52. The molecule has 1 unspecified atom stereocenters. The number of aliphatic hydroxyl groups is 1. The van der Waals surface area contributed by atoms with E-state index in [0.717, 1.165) is 37.7 Å². The summed E-state index contributed by atoms with van der Waals surface area (Å²) in [5, 5.41) is 18.2. The van der Waals surface area contributed by atoms with Crippen molar-refractivity contribution in [3.63, 3.8) is 0 Å². The van der Waals surface area contributed by atoms with Gasteiger partial charge in [-0.05, 0) is 39.4 Å². The van der Waals surface area contributed by atoms with Crippen LogP contribution in [0.3, 0.4) is 0 Å². The zero-order chi connectivity index (χ0) is 11.8. The fourth-order valence-electron chi connectivity index (χ4n) is 2.90. The Kier molecular flexibility index (Phi) is 2.88. The molecule has 3 heterocycles. The lowest BCUT2D eigenvalue weighted by atomic mass is 9.96. The highest BCUT2D eigenvalue weighted by molar-refractivity contribution is 5.06. The summed E-state index contributed by atoms with van der Waals surface area (Å²) in [6, 6.07) is 0. The Morgan fingerprint density at radius 1 is 1.12 bits per heavy atom. The van der Waals surface area contributed by atoms with Gasteiger partial charge in [0.15, 0.2) is 0 Å². The van der Waals surface area contributed by atoms with Crippen LogP contribution in [0.25, 0.3) is 0 Å². The Balaban J connectivity index is 1.80. The van der Waals surface area contributed by atoms with Crippen LogP contribution in [0.15, 0.2) is 0 Å². The van der Waals surface area contributed by atoms with E-state index in [1.165, 1.54) is 12.8 Å². The minimum atomic E-state index is -0.225. The first-order chi connectivity index (χ1) is 8.24. The average molecular weight is 236 g/mol. The Morgan fingerprint density at radius 3 is 2.65 bits per heavy atom. The summed E-state index contributed by atoms with van der Waals surface area (Å²) < 4.78 is 2.24. The maximum Gasteiger partial charge on any atom is 0.136 e. The standard InChI is InChI=1S/C12H20N4O/c1-15-5-2-9(3-6-15)12-14-13-11-8-10(17)4-7-16(11)12/h9-10,17H,2-8H2,1H3. The van der Waals surface area contributed by atoms with Crippen LogP contribution in [-0.4, -0.2) is 51.0 Å². The molecule has 94 valence electrons. The highest BCUT2D eigenvalue weighted by Crippen LogP contribution is 2.28. The fourth-order valence-corrected chi connectivity index (χ4v) is 2.90. The molecule has 5 nitrogen and oxygen atoms in total. The topological polar surface area (TPSA) is 54.2 Å². The molecular weight excluding hydrogens is 216 g/mol. The van der Waals surface area contributed by atoms with Gasteiger partial charge < -0.3 is 14.6 Å². The molecule has 0 radical (unpaired) electrons. The zero-order valence-corrected chi connectivity index (χ0v) is 10.3. The van der Waals surface area contributed by atoms with Crippen molar-refractivity contribution >= 4 is 0 Å². The summed E-state index contributed by atoms with van der Waals surface area (Å²) in [6.07, 6.45) is 3.63. The van der Waals surface area contributed by atoms with Gasteiger partial charge in [-0.15, -0.1) is 10.2 Å². The van der Waals surface area contributed by atoms with Crippen molar-refractivity contribution in [2.75, 3.05) is 20.1 Å². The largest absolute Gasteiger partial charge is 0.393 e. The quantitative estimate of drug-likeness (QED) is 0.766. The molecule has 1 saturated heterocycles. The molecule has 0 spiro atoms. The number of piperidine rings is 1. The van der Waals surface area contributed by atoms with Gasteiger partial charge in [-0.1, -0.05) is 0 Å². The molecule has 1 atom stereocenters. The second kappa shape index (κ2) is 4.38. The first kappa shape index (κ1) is 11.2. The second-order valence-corrected chi connectivity index (χ2v) is 5.35. The summed E-state index contributed by atoms with van der Waals surface area (Å²) in [4.78, 5) is 2.37. The summed E-state index contributed by atoms with van der Waals surface area (Å²) in [5.41, 5.74) is 0. The summed E-state index contributed by atoms with van der Waals surface area (Å²) in [5.74, 6) is 2.68. The molecule has 1 aromatic heterocycles. The second-order valence-electron chi connectivity index (χ2n) is 5.35. The highest BCUT2D eigenvalue weighted by atomic mass is 16.3. The number of rotatable bonds is 1. The van der Waals surface area contributed by atoms with Crippen molar-refractivity contribution in [2.24, 2.45) is 0 Å². The number of fused-ring (bicyclic) bond motifs is 1. The molecule has 0 amide bonds. The van der Waals surface area contributed by atoms with Gasteiger partial charge in [0, 0.05) is 18.9 Å². The van der Waals surface area contributed by atoms with Crippen LogP contribution >= 0.6 is 0 Å². The van der Waals surface area contributed by atoms with E-state index in [-0.39, 0.29) is 6.10 Å². The lowest BCUT2D eigenvalue weighted by molar-refractivity contribution is 0.140. The van der Waals surface area contributed by atoms with Crippen molar-refractivity contribution in [3.05, 3.63) is 11.6 Å². The van der Waals surface area contributed by atoms with E-state index in [2.05, 4.69) is 26.7 Å². The molecule has 2 aliphatic rings. The Hall–Kier alpha value is -0.940. The minimum absolute atomic E-state index is 0.225. The molecule has 17 heavy (non-hydrogen) atoms. The van der Waals surface area contributed by atoms with Gasteiger partial charge in [0.1, 0.15) is 11.6 Å². The van der Waals surface area contributed by atoms with E-state index < -0.39 is 0 Å². The number of likely N-dealkylation sites (tertiary alicyclic amines) is 1. The molecule has 0 aliphatic carbocycles. The van der Waals surface area contributed by atoms with Crippen molar-refractivity contribution in [2.45, 2.75) is 44.2 Å². The van der Waals surface area contributed by atoms with Gasteiger partial charge >= 0.3 is 0 Å². The van der Waals surface area contributed by atoms with E-state index in [9.17, 15) is 5.11 Å². The number of hydrogen-bond acceptors (Lipinski definition) is 4. The molecule has 3 rings (SSSR count). The Bertz CT molecular complexity index is 395. The molecule has 2 aliphatic heterocycles. The van der Waals surface area contributed by atoms with Crippen LogP contribution < -0.4 is 0 Å². The molecule has 1 fully saturated rings. The third kappa shape index (κ3) is 2.09. The third-order valence-electron chi connectivity index (χ3n) is 4.04. The van der Waals surface area contributed by atoms with Crippen molar-refractivity contribution in [1.82, 2.24) is 19.7 Å². The van der Waals surface area contributed by atoms with Crippen LogP contribution in [0.4, 0.5) is 0 Å². The Labute approximate surface area is 101 Å². The van der Waals surface area contributed by atoms with E-state index in [4.69, 9.17) is 0 Å². The molecule has 5 heteroatoms. The van der Waals surface area contributed by atoms with Gasteiger partial charge in [-0.3, -0.25) is 0 Å². The average Bonchev–Trinajstić information content (AvgIpc) is 2.73. The third-order valence-corrected chi connectivity index (χ3v) is 4.04. The van der Waals surface area contributed by atoms with Crippen LogP contribution in [-0.2, 0) is 13.0 Å². The highest BCUT2D eigenvalue weighted by Gasteiger charge is 2.27. The van der Waals surface area contributed by atoms with Crippen LogP contribution in [0, 0.1) is 0 Å². The van der Waals surface area contributed by atoms with Gasteiger partial charge in [-0.25, -0.2) is 0 Å². The Morgan fingerprint density at radius 2 is 1.88 bits per heavy atom. The first-order valence-corrected chi connectivity index (χ1v) is 6.52. The van der Waals surface area contributed by atoms with Crippen LogP contribution in [0.2, 0.25) is 0 Å². The molecule has 0 saturated carbocycles. The maximum atomic E-state index is 9.62.